The van der Waals surface area contributed by atoms with Gasteiger partial charge in [-0.1, -0.05) is 0 Å². The van der Waals surface area contributed by atoms with Crippen molar-refractivity contribution in [2.45, 2.75) is 38.8 Å². The highest BCUT2D eigenvalue weighted by atomic mass is 16.6. The number of aromatic nitrogens is 1. The van der Waals surface area contributed by atoms with Gasteiger partial charge in [-0.05, 0) is 51.8 Å². The monoisotopic (exact) mass is 357 g/mol. The number of hydrogen-bond acceptors (Lipinski definition) is 6. The summed E-state index contributed by atoms with van der Waals surface area (Å²) in [6.45, 7) is 8.77. The van der Waals surface area contributed by atoms with Crippen LogP contribution in [0.25, 0.3) is 0 Å². The summed E-state index contributed by atoms with van der Waals surface area (Å²) in [7, 11) is 0. The fraction of sp³-hybridized carbons (Fsp3) is 0.632. The maximum Gasteiger partial charge on any atom is 0.416 e. The zero-order chi connectivity index (χ0) is 18.5. The molecule has 2 saturated heterocycles. The van der Waals surface area contributed by atoms with Crippen LogP contribution in [0.5, 0.6) is 5.88 Å². The Morgan fingerprint density at radius 2 is 2.15 bits per heavy atom. The fourth-order valence-electron chi connectivity index (χ4n) is 3.84. The quantitative estimate of drug-likeness (QED) is 0.889. The average molecular weight is 357 g/mol. The van der Waals surface area contributed by atoms with Crippen LogP contribution < -0.4 is 10.1 Å². The Labute approximate surface area is 154 Å². The van der Waals surface area contributed by atoms with Crippen LogP contribution in [0.1, 0.15) is 32.3 Å². The number of nitrogens with zero attached hydrogens (tertiary/aromatic N) is 4. The second kappa shape index (κ2) is 8.47. The lowest BCUT2D eigenvalue weighted by atomic mass is 9.87. The van der Waals surface area contributed by atoms with Crippen molar-refractivity contribution in [3.63, 3.8) is 0 Å². The van der Waals surface area contributed by atoms with E-state index in [1.165, 1.54) is 12.3 Å². The number of hydrogen-bond donors (Lipinski definition) is 1. The first kappa shape index (κ1) is 18.6. The molecule has 7 nitrogen and oxygen atoms in total. The van der Waals surface area contributed by atoms with Gasteiger partial charge in [-0.25, -0.2) is 9.78 Å². The number of amides is 1. The highest BCUT2D eigenvalue weighted by molar-refractivity contribution is 5.71. The average Bonchev–Trinajstić information content (AvgIpc) is 2.68. The first-order chi connectivity index (χ1) is 12.6. The van der Waals surface area contributed by atoms with Gasteiger partial charge in [0.05, 0.1) is 17.7 Å². The minimum absolute atomic E-state index is 0.153. The molecule has 0 radical (unpaired) electrons. The van der Waals surface area contributed by atoms with Crippen molar-refractivity contribution >= 4 is 6.09 Å². The molecule has 0 saturated carbocycles. The summed E-state index contributed by atoms with van der Waals surface area (Å²) in [4.78, 5) is 21.2. The number of piperidine rings is 1. The van der Waals surface area contributed by atoms with Gasteiger partial charge < -0.3 is 15.0 Å². The van der Waals surface area contributed by atoms with E-state index in [1.54, 1.807) is 6.07 Å². The van der Waals surface area contributed by atoms with Crippen LogP contribution in [0.4, 0.5) is 4.79 Å². The lowest BCUT2D eigenvalue weighted by molar-refractivity contribution is 0.0268. The van der Waals surface area contributed by atoms with Gasteiger partial charge in [0, 0.05) is 37.9 Å². The van der Waals surface area contributed by atoms with Crippen LogP contribution >= 0.6 is 0 Å². The van der Waals surface area contributed by atoms with E-state index in [0.717, 1.165) is 39.0 Å². The number of rotatable bonds is 3. The number of carbonyl (C=O) groups excluding carboxylic acids is 1. The predicted octanol–water partition coefficient (Wildman–Crippen LogP) is 1.85. The number of piperazine rings is 1. The Morgan fingerprint density at radius 3 is 2.85 bits per heavy atom. The molecule has 0 spiro atoms. The number of pyridine rings is 1. The van der Waals surface area contributed by atoms with Crippen molar-refractivity contribution in [3.8, 4) is 11.9 Å². The summed E-state index contributed by atoms with van der Waals surface area (Å²) < 4.78 is 5.50. The van der Waals surface area contributed by atoms with E-state index in [-0.39, 0.29) is 18.0 Å². The maximum absolute atomic E-state index is 12.8. The van der Waals surface area contributed by atoms with Crippen LogP contribution in [0.2, 0.25) is 0 Å². The first-order valence-electron chi connectivity index (χ1n) is 9.38. The Morgan fingerprint density at radius 1 is 1.38 bits per heavy atom. The standard InChI is InChI=1S/C19H27N5O2/c1-14(2)23-9-10-24(17(13-23)16-4-6-21-7-5-16)19(25)26-18-11-15(12-20)3-8-22-18/h3,8,11,14,16-17,21H,4-7,9-10,13H2,1-2H3. The molecule has 2 aliphatic heterocycles. The van der Waals surface area contributed by atoms with Gasteiger partial charge in [0.15, 0.2) is 0 Å². The third-order valence-electron chi connectivity index (χ3n) is 5.40. The van der Waals surface area contributed by atoms with Gasteiger partial charge in [0.2, 0.25) is 5.88 Å². The van der Waals surface area contributed by atoms with E-state index in [0.29, 0.717) is 24.1 Å². The van der Waals surface area contributed by atoms with Crippen LogP contribution in [0, 0.1) is 17.2 Å². The highest BCUT2D eigenvalue weighted by Crippen LogP contribution is 2.26. The molecule has 140 valence electrons. The minimum atomic E-state index is -0.362. The van der Waals surface area contributed by atoms with Gasteiger partial charge >= 0.3 is 6.09 Å². The van der Waals surface area contributed by atoms with Crippen molar-refractivity contribution in [1.82, 2.24) is 20.1 Å². The summed E-state index contributed by atoms with van der Waals surface area (Å²) in [6, 6.07) is 5.75. The molecule has 0 bridgehead atoms. The molecule has 26 heavy (non-hydrogen) atoms. The number of nitrogens with one attached hydrogen (secondary N) is 1. The van der Waals surface area contributed by atoms with Gasteiger partial charge in [-0.15, -0.1) is 0 Å². The van der Waals surface area contributed by atoms with Crippen molar-refractivity contribution in [2.24, 2.45) is 5.92 Å². The fourth-order valence-corrected chi connectivity index (χ4v) is 3.84. The normalized spacial score (nSPS) is 22.2. The third kappa shape index (κ3) is 4.32. The smallest absolute Gasteiger partial charge is 0.391 e. The molecule has 3 heterocycles. The second-order valence-corrected chi connectivity index (χ2v) is 7.30. The molecule has 2 aliphatic rings. The summed E-state index contributed by atoms with van der Waals surface area (Å²) in [5.74, 6) is 0.660. The Balaban J connectivity index is 1.74. The number of carbonyl (C=O) groups is 1. The van der Waals surface area contributed by atoms with Gasteiger partial charge in [-0.2, -0.15) is 5.26 Å². The van der Waals surface area contributed by atoms with Crippen LogP contribution in [0.15, 0.2) is 18.3 Å². The molecule has 0 aliphatic carbocycles. The van der Waals surface area contributed by atoms with E-state index in [1.807, 2.05) is 11.0 Å². The Hall–Kier alpha value is -2.17. The molecular formula is C19H27N5O2. The number of nitriles is 1. The Kier molecular flexibility index (Phi) is 6.07. The Bertz CT molecular complexity index is 666. The van der Waals surface area contributed by atoms with E-state index < -0.39 is 0 Å². The van der Waals surface area contributed by atoms with Crippen molar-refractivity contribution < 1.29 is 9.53 Å². The van der Waals surface area contributed by atoms with Gasteiger partial charge in [-0.3, -0.25) is 4.90 Å². The SMILES string of the molecule is CC(C)N1CCN(C(=O)Oc2cc(C#N)ccn2)C(C2CCNCC2)C1. The molecule has 1 amide bonds. The summed E-state index contributed by atoms with van der Waals surface area (Å²) in [6.07, 6.45) is 3.27. The molecule has 1 atom stereocenters. The predicted molar refractivity (Wildman–Crippen MR) is 97.8 cm³/mol. The molecule has 2 fully saturated rings. The molecule has 1 aromatic heterocycles. The van der Waals surface area contributed by atoms with Crippen molar-refractivity contribution in [3.05, 3.63) is 23.9 Å². The molecule has 3 rings (SSSR count). The molecule has 1 unspecified atom stereocenters. The lowest BCUT2D eigenvalue weighted by Gasteiger charge is -2.46. The molecule has 7 heteroatoms. The highest BCUT2D eigenvalue weighted by Gasteiger charge is 2.37. The first-order valence-corrected chi connectivity index (χ1v) is 9.38. The topological polar surface area (TPSA) is 81.5 Å². The van der Waals surface area contributed by atoms with Crippen LogP contribution in [-0.2, 0) is 0 Å². The lowest BCUT2D eigenvalue weighted by Crippen LogP contribution is -2.60. The summed E-state index contributed by atoms with van der Waals surface area (Å²) >= 11 is 0. The van der Waals surface area contributed by atoms with Gasteiger partial charge in [0.1, 0.15) is 0 Å². The summed E-state index contributed by atoms with van der Waals surface area (Å²) in [5.41, 5.74) is 0.433. The minimum Gasteiger partial charge on any atom is -0.391 e. The van der Waals surface area contributed by atoms with Crippen LogP contribution in [-0.4, -0.2) is 65.7 Å². The summed E-state index contributed by atoms with van der Waals surface area (Å²) in [5, 5.41) is 12.4. The van der Waals surface area contributed by atoms with E-state index >= 15 is 0 Å². The maximum atomic E-state index is 12.8. The van der Waals surface area contributed by atoms with Crippen LogP contribution in [0.3, 0.4) is 0 Å². The zero-order valence-corrected chi connectivity index (χ0v) is 15.5. The molecule has 0 aromatic carbocycles. The van der Waals surface area contributed by atoms with E-state index in [9.17, 15) is 4.79 Å². The van der Waals surface area contributed by atoms with Gasteiger partial charge in [0.25, 0.3) is 0 Å². The largest absolute Gasteiger partial charge is 0.416 e. The van der Waals surface area contributed by atoms with E-state index in [4.69, 9.17) is 10.00 Å². The molecular weight excluding hydrogens is 330 g/mol. The number of ether oxygens (including phenoxy) is 1. The molecule has 1 aromatic rings. The third-order valence-corrected chi connectivity index (χ3v) is 5.40. The van der Waals surface area contributed by atoms with Crippen molar-refractivity contribution in [2.75, 3.05) is 32.7 Å². The van der Waals surface area contributed by atoms with E-state index in [2.05, 4.69) is 29.0 Å². The molecule has 1 N–H and O–H groups in total. The van der Waals surface area contributed by atoms with Crippen molar-refractivity contribution in [1.29, 1.82) is 5.26 Å². The second-order valence-electron chi connectivity index (χ2n) is 7.30. The zero-order valence-electron chi connectivity index (χ0n) is 15.5.